The Kier molecular flexibility index (Phi) is 15.4. The van der Waals surface area contributed by atoms with Crippen molar-refractivity contribution in [3.63, 3.8) is 0 Å². The lowest BCUT2D eigenvalue weighted by atomic mass is 9.79. The van der Waals surface area contributed by atoms with Crippen molar-refractivity contribution in [1.29, 1.82) is 0 Å². The van der Waals surface area contributed by atoms with Crippen LogP contribution in [0.25, 0.3) is 11.3 Å². The van der Waals surface area contributed by atoms with Crippen LogP contribution in [0.1, 0.15) is 65.3 Å². The molecule has 0 atom stereocenters. The molecule has 0 saturated carbocycles. The molecule has 0 aliphatic carbocycles. The molecule has 0 amide bonds. The third kappa shape index (κ3) is 11.3. The van der Waals surface area contributed by atoms with Gasteiger partial charge in [0.2, 0.25) is 0 Å². The Hall–Kier alpha value is -2.88. The predicted octanol–water partition coefficient (Wildman–Crippen LogP) is 7.53. The van der Waals surface area contributed by atoms with Crippen molar-refractivity contribution in [2.45, 2.75) is 81.4 Å². The molecule has 4 N–H and O–H groups in total. The van der Waals surface area contributed by atoms with E-state index in [0.29, 0.717) is 22.0 Å². The number of nitrogen functional groups attached to an aromatic ring is 2. The maximum atomic E-state index is 12.3. The van der Waals surface area contributed by atoms with E-state index in [0.717, 1.165) is 44.1 Å². The van der Waals surface area contributed by atoms with Gasteiger partial charge in [-0.2, -0.15) is 0 Å². The lowest BCUT2D eigenvalue weighted by Crippen LogP contribution is -2.41. The van der Waals surface area contributed by atoms with Gasteiger partial charge in [0.05, 0.1) is 52.1 Å². The van der Waals surface area contributed by atoms with Crippen LogP contribution in [0.3, 0.4) is 0 Å². The molecule has 3 heterocycles. The summed E-state index contributed by atoms with van der Waals surface area (Å²) < 4.78 is 37.3. The third-order valence-electron chi connectivity index (χ3n) is 8.42. The maximum Gasteiger partial charge on any atom is 0.494 e. The second-order valence-corrected chi connectivity index (χ2v) is 20.9. The van der Waals surface area contributed by atoms with E-state index in [-0.39, 0.29) is 26.1 Å². The summed E-state index contributed by atoms with van der Waals surface area (Å²) in [4.78, 5) is 17.0. The predicted molar refractivity (Wildman–Crippen MR) is 219 cm³/mol. The number of hydrogen-bond acceptors (Lipinski definition) is 10. The molecule has 14 heteroatoms. The van der Waals surface area contributed by atoms with Crippen molar-refractivity contribution in [3.8, 4) is 11.3 Å². The summed E-state index contributed by atoms with van der Waals surface area (Å²) in [7, 11) is -5.27. The first-order valence-corrected chi connectivity index (χ1v) is 21.4. The van der Waals surface area contributed by atoms with Gasteiger partial charge in [0.1, 0.15) is 18.9 Å². The summed E-state index contributed by atoms with van der Waals surface area (Å²) >= 11 is 3.22. The molecule has 4 aromatic rings. The van der Waals surface area contributed by atoms with Crippen LogP contribution >= 0.6 is 30.2 Å². The van der Waals surface area contributed by atoms with Gasteiger partial charge in [-0.05, 0) is 128 Å². The van der Waals surface area contributed by atoms with Gasteiger partial charge >= 0.3 is 7.12 Å². The normalized spacial score (nSPS) is 14.6. The Morgan fingerprint density at radius 1 is 0.680 bits per heavy atom. The van der Waals surface area contributed by atoms with E-state index in [1.165, 1.54) is 0 Å². The van der Waals surface area contributed by atoms with E-state index in [1.54, 1.807) is 51.2 Å². The molecule has 10 nitrogen and oxygen atoms in total. The highest BCUT2D eigenvalue weighted by Crippen LogP contribution is 2.39. The van der Waals surface area contributed by atoms with Gasteiger partial charge < -0.3 is 29.9 Å². The number of nitrogens with two attached hydrogens (primary N) is 2. The smallest absolute Gasteiger partial charge is 0.399 e. The van der Waals surface area contributed by atoms with E-state index in [1.807, 2.05) is 79.7 Å². The van der Waals surface area contributed by atoms with Gasteiger partial charge in [0.15, 0.2) is 0 Å². The average molecular weight is 790 g/mol. The second kappa shape index (κ2) is 17.1. The van der Waals surface area contributed by atoms with Crippen LogP contribution in [0.4, 0.5) is 11.4 Å². The molecule has 1 fully saturated rings. The van der Waals surface area contributed by atoms with Gasteiger partial charge in [-0.25, -0.2) is 9.97 Å². The van der Waals surface area contributed by atoms with Gasteiger partial charge in [-0.15, -0.1) is 0 Å². The van der Waals surface area contributed by atoms with E-state index in [4.69, 9.17) is 20.8 Å². The highest BCUT2D eigenvalue weighted by molar-refractivity contribution is 9.10. The molecule has 2 aromatic carbocycles. The number of aromatic nitrogens is 4. The Balaban J connectivity index is 0.000000391. The summed E-state index contributed by atoms with van der Waals surface area (Å²) in [6, 6.07) is 11.0. The summed E-state index contributed by atoms with van der Waals surface area (Å²) in [5.41, 5.74) is 18.5. The molecule has 2 aromatic heterocycles. The molecule has 1 saturated heterocycles. The zero-order valence-corrected chi connectivity index (χ0v) is 33.4. The SMILES string of the molecule is C.C.CC1(C)OB(c2ccc(N)c(P(C)(C)=O)c2)OC1(C)C.Cc1ncc(-c2ccc(N)c(P(C)(C)=O)c2)nc1C.Cc1ncc(Br)nc1C. The van der Waals surface area contributed by atoms with Crippen LogP contribution in [-0.4, -0.2) is 64.9 Å². The molecule has 274 valence electrons. The summed E-state index contributed by atoms with van der Waals surface area (Å²) in [6.07, 6.45) is 3.43. The summed E-state index contributed by atoms with van der Waals surface area (Å²) in [5, 5.41) is 1.38. The van der Waals surface area contributed by atoms with Crippen molar-refractivity contribution in [3.05, 3.63) is 76.2 Å². The van der Waals surface area contributed by atoms with Crippen LogP contribution in [-0.2, 0) is 18.4 Å². The standard InChI is InChI=1S/C14H23BNO3P.C14H18N3OP.C6H7BrN2.2CH4/c1-13(2)14(3,4)19-15(18-13)10-7-8-11(16)12(9-10)20(5,6)17;1-9-10(2)17-13(8-16-9)11-5-6-12(15)14(7-11)19(3,4)18;1-4-5(2)9-6(7)3-8-4;;/h7-9H,16H2,1-6H3;5-8H,15H2,1-4H3;3H,1-2H3;2*1H4. The van der Waals surface area contributed by atoms with Crippen LogP contribution < -0.4 is 27.5 Å². The molecule has 50 heavy (non-hydrogen) atoms. The lowest BCUT2D eigenvalue weighted by Gasteiger charge is -2.32. The van der Waals surface area contributed by atoms with Gasteiger partial charge in [0.25, 0.3) is 0 Å². The van der Waals surface area contributed by atoms with Crippen molar-refractivity contribution >= 4 is 64.8 Å². The minimum absolute atomic E-state index is 0. The topological polar surface area (TPSA) is 156 Å². The highest BCUT2D eigenvalue weighted by Gasteiger charge is 2.51. The molecular formula is C36H56BBrN6O4P2. The molecule has 1 aliphatic rings. The van der Waals surface area contributed by atoms with Crippen LogP contribution in [0.2, 0.25) is 0 Å². The Morgan fingerprint density at radius 3 is 1.56 bits per heavy atom. The van der Waals surface area contributed by atoms with Gasteiger partial charge in [0, 0.05) is 27.5 Å². The minimum Gasteiger partial charge on any atom is -0.399 e. The van der Waals surface area contributed by atoms with Crippen molar-refractivity contribution < 1.29 is 18.4 Å². The Morgan fingerprint density at radius 2 is 1.12 bits per heavy atom. The number of hydrogen-bond donors (Lipinski definition) is 2. The van der Waals surface area contributed by atoms with Crippen LogP contribution in [0, 0.1) is 27.7 Å². The quantitative estimate of drug-likeness (QED) is 0.120. The molecule has 0 bridgehead atoms. The number of benzene rings is 2. The number of halogens is 1. The van der Waals surface area contributed by atoms with Crippen LogP contribution in [0.5, 0.6) is 0 Å². The van der Waals surface area contributed by atoms with Crippen molar-refractivity contribution in [1.82, 2.24) is 19.9 Å². The summed E-state index contributed by atoms with van der Waals surface area (Å²) in [5.74, 6) is 0. The molecule has 0 spiro atoms. The first-order valence-electron chi connectivity index (χ1n) is 15.4. The largest absolute Gasteiger partial charge is 0.494 e. The number of rotatable bonds is 4. The summed E-state index contributed by atoms with van der Waals surface area (Å²) in [6.45, 7) is 22.6. The fourth-order valence-electron chi connectivity index (χ4n) is 4.52. The monoisotopic (exact) mass is 788 g/mol. The van der Waals surface area contributed by atoms with E-state index < -0.39 is 21.4 Å². The van der Waals surface area contributed by atoms with Gasteiger partial charge in [-0.3, -0.25) is 9.97 Å². The number of anilines is 2. The minimum atomic E-state index is -2.42. The first kappa shape index (κ1) is 45.1. The fraction of sp³-hybridized carbons (Fsp3) is 0.444. The van der Waals surface area contributed by atoms with Crippen molar-refractivity contribution in [2.75, 3.05) is 38.1 Å². The lowest BCUT2D eigenvalue weighted by molar-refractivity contribution is 0.00578. The zero-order valence-electron chi connectivity index (χ0n) is 30.0. The van der Waals surface area contributed by atoms with E-state index >= 15 is 0 Å². The third-order valence-corrected chi connectivity index (χ3v) is 11.9. The Bertz CT molecular complexity index is 1880. The molecule has 0 unspecified atom stereocenters. The number of nitrogens with zero attached hydrogens (tertiary/aromatic N) is 4. The number of aryl methyl sites for hydroxylation is 4. The van der Waals surface area contributed by atoms with E-state index in [2.05, 4.69) is 35.9 Å². The second-order valence-electron chi connectivity index (χ2n) is 13.7. The average Bonchev–Trinajstić information content (AvgIpc) is 3.18. The molecular weight excluding hydrogens is 733 g/mol. The Labute approximate surface area is 309 Å². The highest BCUT2D eigenvalue weighted by atomic mass is 79.9. The van der Waals surface area contributed by atoms with Gasteiger partial charge in [-0.1, -0.05) is 27.0 Å². The zero-order chi connectivity index (χ0) is 36.4. The van der Waals surface area contributed by atoms with Crippen LogP contribution in [0.15, 0.2) is 53.4 Å². The fourth-order valence-corrected chi connectivity index (χ4v) is 7.19. The maximum absolute atomic E-state index is 12.3. The first-order chi connectivity index (χ1) is 21.9. The molecule has 0 radical (unpaired) electrons. The molecule has 5 rings (SSSR count). The van der Waals surface area contributed by atoms with Crippen molar-refractivity contribution in [2.24, 2.45) is 0 Å². The molecule has 1 aliphatic heterocycles. The van der Waals surface area contributed by atoms with E-state index in [9.17, 15) is 9.13 Å².